The van der Waals surface area contributed by atoms with Gasteiger partial charge < -0.3 is 20.1 Å². The van der Waals surface area contributed by atoms with Crippen molar-refractivity contribution in [2.45, 2.75) is 32.6 Å². The molecule has 3 N–H and O–H groups in total. The van der Waals surface area contributed by atoms with Crippen LogP contribution in [0.15, 0.2) is 4.99 Å². The van der Waals surface area contributed by atoms with E-state index in [-0.39, 0.29) is 5.75 Å². The lowest BCUT2D eigenvalue weighted by Crippen LogP contribution is -2.42. The highest BCUT2D eigenvalue weighted by Crippen LogP contribution is 2.25. The molecule has 1 rings (SSSR count). The van der Waals surface area contributed by atoms with Crippen molar-refractivity contribution >= 4 is 16.0 Å². The van der Waals surface area contributed by atoms with Gasteiger partial charge in [0.2, 0.25) is 10.0 Å². The second kappa shape index (κ2) is 13.3. The minimum Gasteiger partial charge on any atom is -0.382 e. The lowest BCUT2D eigenvalue weighted by Gasteiger charge is -2.25. The van der Waals surface area contributed by atoms with Crippen LogP contribution in [0.2, 0.25) is 0 Å². The summed E-state index contributed by atoms with van der Waals surface area (Å²) in [4.78, 5) is 4.42. The maximum absolute atomic E-state index is 12.0. The van der Waals surface area contributed by atoms with E-state index in [1.54, 1.807) is 7.11 Å². The van der Waals surface area contributed by atoms with E-state index in [1.165, 1.54) is 6.42 Å². The first kappa shape index (κ1) is 22.1. The van der Waals surface area contributed by atoms with Gasteiger partial charge in [0.15, 0.2) is 5.96 Å². The molecule has 1 fully saturated rings. The van der Waals surface area contributed by atoms with E-state index in [9.17, 15) is 8.42 Å². The van der Waals surface area contributed by atoms with Crippen molar-refractivity contribution in [3.63, 3.8) is 0 Å². The van der Waals surface area contributed by atoms with Crippen LogP contribution < -0.4 is 15.4 Å². The van der Waals surface area contributed by atoms with Gasteiger partial charge in [0.25, 0.3) is 0 Å². The number of methoxy groups -OCH3 is 1. The summed E-state index contributed by atoms with van der Waals surface area (Å²) in [5.41, 5.74) is 0. The Hall–Kier alpha value is -0.900. The average Bonchev–Trinajstić information content (AvgIpc) is 2.52. The molecule has 1 aliphatic rings. The van der Waals surface area contributed by atoms with Crippen LogP contribution in [0, 0.1) is 5.92 Å². The predicted octanol–water partition coefficient (Wildman–Crippen LogP) is 0.314. The predicted molar refractivity (Wildman–Crippen MR) is 100 cm³/mol. The van der Waals surface area contributed by atoms with Crippen molar-refractivity contribution in [2.24, 2.45) is 10.9 Å². The largest absolute Gasteiger partial charge is 0.382 e. The van der Waals surface area contributed by atoms with Crippen LogP contribution in [-0.2, 0) is 19.5 Å². The molecule has 0 aromatic heterocycles. The molecule has 0 atom stereocenters. The van der Waals surface area contributed by atoms with Gasteiger partial charge >= 0.3 is 0 Å². The van der Waals surface area contributed by atoms with Crippen LogP contribution in [0.1, 0.15) is 32.6 Å². The van der Waals surface area contributed by atoms with Crippen molar-refractivity contribution in [3.8, 4) is 0 Å². The van der Waals surface area contributed by atoms with Gasteiger partial charge in [-0.1, -0.05) is 6.42 Å². The van der Waals surface area contributed by atoms with E-state index in [0.717, 1.165) is 25.8 Å². The molecule has 25 heavy (non-hydrogen) atoms. The first-order valence-electron chi connectivity index (χ1n) is 9.13. The van der Waals surface area contributed by atoms with Gasteiger partial charge in [0, 0.05) is 39.9 Å². The van der Waals surface area contributed by atoms with Gasteiger partial charge in [-0.05, 0) is 32.1 Å². The molecule has 0 spiro atoms. The van der Waals surface area contributed by atoms with Crippen LogP contribution >= 0.6 is 0 Å². The maximum atomic E-state index is 12.0. The molecule has 8 nitrogen and oxygen atoms in total. The summed E-state index contributed by atoms with van der Waals surface area (Å²) >= 11 is 0. The standard InChI is InChI=1S/C16H34N4O4S/c1-3-17-16(18-8-5-10-24-12-11-23-2)19-9-13-25(21,22)20-14-15-6-4-7-15/h15,20H,3-14H2,1-2H3,(H2,17,18,19). The van der Waals surface area contributed by atoms with E-state index in [1.807, 2.05) is 6.92 Å². The zero-order valence-electron chi connectivity index (χ0n) is 15.6. The van der Waals surface area contributed by atoms with Crippen molar-refractivity contribution in [2.75, 3.05) is 58.9 Å². The fraction of sp³-hybridized carbons (Fsp3) is 0.938. The number of ether oxygens (including phenoxy) is 2. The summed E-state index contributed by atoms with van der Waals surface area (Å²) in [5, 5.41) is 6.17. The molecule has 148 valence electrons. The SMILES string of the molecule is CCNC(=NCCCOCCOC)NCCS(=O)(=O)NCC1CCC1. The maximum Gasteiger partial charge on any atom is 0.213 e. The summed E-state index contributed by atoms with van der Waals surface area (Å²) in [5.74, 6) is 1.20. The smallest absolute Gasteiger partial charge is 0.213 e. The van der Waals surface area contributed by atoms with Crippen molar-refractivity contribution in [3.05, 3.63) is 0 Å². The minimum absolute atomic E-state index is 0.0459. The van der Waals surface area contributed by atoms with E-state index in [2.05, 4.69) is 20.3 Å². The highest BCUT2D eigenvalue weighted by Gasteiger charge is 2.19. The number of aliphatic imine (C=N–C) groups is 1. The lowest BCUT2D eigenvalue weighted by molar-refractivity contribution is 0.0702. The Morgan fingerprint density at radius 2 is 2.00 bits per heavy atom. The third-order valence-electron chi connectivity index (χ3n) is 3.97. The van der Waals surface area contributed by atoms with Crippen LogP contribution in [-0.4, -0.2) is 73.2 Å². The summed E-state index contributed by atoms with van der Waals surface area (Å²) in [7, 11) is -1.58. The van der Waals surface area contributed by atoms with Gasteiger partial charge in [0.1, 0.15) is 0 Å². The van der Waals surface area contributed by atoms with Gasteiger partial charge in [-0.25, -0.2) is 13.1 Å². The molecule has 1 aliphatic carbocycles. The molecule has 0 aliphatic heterocycles. The lowest BCUT2D eigenvalue weighted by atomic mass is 9.86. The minimum atomic E-state index is -3.23. The molecular formula is C16H34N4O4S. The van der Waals surface area contributed by atoms with Gasteiger partial charge in [-0.3, -0.25) is 4.99 Å². The number of sulfonamides is 1. The van der Waals surface area contributed by atoms with Crippen LogP contribution in [0.25, 0.3) is 0 Å². The molecule has 9 heteroatoms. The molecule has 0 bridgehead atoms. The van der Waals surface area contributed by atoms with Crippen molar-refractivity contribution in [1.82, 2.24) is 15.4 Å². The van der Waals surface area contributed by atoms with Gasteiger partial charge in [-0.15, -0.1) is 0 Å². The Bertz CT molecular complexity index is 467. The molecule has 0 heterocycles. The molecule has 1 saturated carbocycles. The van der Waals surface area contributed by atoms with Crippen LogP contribution in [0.5, 0.6) is 0 Å². The molecule has 0 aromatic rings. The number of hydrogen-bond donors (Lipinski definition) is 3. The summed E-state index contributed by atoms with van der Waals surface area (Å²) in [6.07, 6.45) is 4.29. The zero-order chi connectivity index (χ0) is 18.4. The average molecular weight is 379 g/mol. The molecule has 0 radical (unpaired) electrons. The quantitative estimate of drug-likeness (QED) is 0.229. The first-order chi connectivity index (χ1) is 12.1. The highest BCUT2D eigenvalue weighted by atomic mass is 32.2. The third kappa shape index (κ3) is 11.4. The Kier molecular flexibility index (Phi) is 11.8. The van der Waals surface area contributed by atoms with Crippen LogP contribution in [0.4, 0.5) is 0 Å². The Balaban J connectivity index is 2.18. The van der Waals surface area contributed by atoms with E-state index >= 15 is 0 Å². The normalized spacial score (nSPS) is 15.8. The van der Waals surface area contributed by atoms with E-state index < -0.39 is 10.0 Å². The molecule has 0 aromatic carbocycles. The second-order valence-electron chi connectivity index (χ2n) is 6.11. The Morgan fingerprint density at radius 3 is 2.64 bits per heavy atom. The topological polar surface area (TPSA) is 101 Å². The van der Waals surface area contributed by atoms with Crippen LogP contribution in [0.3, 0.4) is 0 Å². The number of nitrogens with zero attached hydrogens (tertiary/aromatic N) is 1. The number of rotatable bonds is 14. The van der Waals surface area contributed by atoms with E-state index in [0.29, 0.717) is 51.3 Å². The number of nitrogens with one attached hydrogen (secondary N) is 3. The third-order valence-corrected chi connectivity index (χ3v) is 5.32. The first-order valence-corrected chi connectivity index (χ1v) is 10.8. The number of hydrogen-bond acceptors (Lipinski definition) is 5. The summed E-state index contributed by atoms with van der Waals surface area (Å²) in [6.45, 7) is 6.03. The zero-order valence-corrected chi connectivity index (χ0v) is 16.4. The fourth-order valence-electron chi connectivity index (χ4n) is 2.26. The monoisotopic (exact) mass is 378 g/mol. The summed E-state index contributed by atoms with van der Waals surface area (Å²) in [6, 6.07) is 0. The highest BCUT2D eigenvalue weighted by molar-refractivity contribution is 7.89. The fourth-order valence-corrected chi connectivity index (χ4v) is 3.27. The molecule has 0 amide bonds. The van der Waals surface area contributed by atoms with Crippen molar-refractivity contribution < 1.29 is 17.9 Å². The molecular weight excluding hydrogens is 344 g/mol. The Morgan fingerprint density at radius 1 is 1.20 bits per heavy atom. The second-order valence-corrected chi connectivity index (χ2v) is 8.04. The van der Waals surface area contributed by atoms with Crippen molar-refractivity contribution in [1.29, 1.82) is 0 Å². The Labute approximate surface area is 152 Å². The number of guanidine groups is 1. The molecule has 0 saturated heterocycles. The summed E-state index contributed by atoms with van der Waals surface area (Å²) < 4.78 is 36.9. The van der Waals surface area contributed by atoms with Gasteiger partial charge in [-0.2, -0.15) is 0 Å². The molecule has 0 unspecified atom stereocenters. The van der Waals surface area contributed by atoms with E-state index in [4.69, 9.17) is 9.47 Å². The van der Waals surface area contributed by atoms with Gasteiger partial charge in [0.05, 0.1) is 19.0 Å².